The molecule has 0 unspecified atom stereocenters. The van der Waals surface area contributed by atoms with Gasteiger partial charge in [-0.05, 0) is 24.1 Å². The van der Waals surface area contributed by atoms with E-state index in [9.17, 15) is 0 Å². The molecular weight excluding hydrogens is 262 g/mol. The summed E-state index contributed by atoms with van der Waals surface area (Å²) in [6.45, 7) is 2.02. The molecule has 3 nitrogen and oxygen atoms in total. The van der Waals surface area contributed by atoms with Gasteiger partial charge in [0.15, 0.2) is 4.34 Å². The van der Waals surface area contributed by atoms with E-state index in [0.717, 1.165) is 20.7 Å². The molecule has 1 aromatic carbocycles. The monoisotopic (exact) mass is 271 g/mol. The van der Waals surface area contributed by atoms with Crippen molar-refractivity contribution in [2.75, 3.05) is 5.73 Å². The number of hydrogen-bond acceptors (Lipinski definition) is 5. The van der Waals surface area contributed by atoms with E-state index in [2.05, 4.69) is 16.3 Å². The number of benzene rings is 1. The molecule has 6 heteroatoms. The smallest absolute Gasteiger partial charge is 0.203 e. The Hall–Kier alpha value is -0.780. The summed E-state index contributed by atoms with van der Waals surface area (Å²) < 4.78 is 0.870. The Morgan fingerprint density at radius 3 is 2.88 bits per heavy atom. The molecule has 0 spiro atoms. The molecule has 0 amide bonds. The Morgan fingerprint density at radius 1 is 1.44 bits per heavy atom. The number of aromatic nitrogens is 2. The van der Waals surface area contributed by atoms with Crippen LogP contribution < -0.4 is 5.73 Å². The van der Waals surface area contributed by atoms with Crippen LogP contribution in [0.25, 0.3) is 0 Å². The summed E-state index contributed by atoms with van der Waals surface area (Å²) in [6.07, 6.45) is 0. The maximum absolute atomic E-state index is 6.13. The van der Waals surface area contributed by atoms with Crippen LogP contribution >= 0.6 is 34.7 Å². The first-order valence-electron chi connectivity index (χ1n) is 4.62. The summed E-state index contributed by atoms with van der Waals surface area (Å²) >= 11 is 9.12. The average Bonchev–Trinajstić information content (AvgIpc) is 2.63. The number of thioether (sulfide) groups is 1. The van der Waals surface area contributed by atoms with Gasteiger partial charge in [0.2, 0.25) is 5.13 Å². The van der Waals surface area contributed by atoms with Gasteiger partial charge in [0.25, 0.3) is 0 Å². The fourth-order valence-electron chi connectivity index (χ4n) is 1.19. The number of aryl methyl sites for hydroxylation is 1. The van der Waals surface area contributed by atoms with Gasteiger partial charge in [0, 0.05) is 10.8 Å². The standard InChI is InChI=1S/C10H10ClN3S2/c1-6-2-3-7(8(11)4-6)5-15-10-14-13-9(12)16-10/h2-4H,5H2,1H3,(H2,12,13). The van der Waals surface area contributed by atoms with E-state index in [1.807, 2.05) is 19.1 Å². The molecule has 2 rings (SSSR count). The summed E-state index contributed by atoms with van der Waals surface area (Å²) in [5, 5.41) is 8.99. The molecule has 0 fully saturated rings. The number of hydrogen-bond donors (Lipinski definition) is 1. The van der Waals surface area contributed by atoms with E-state index >= 15 is 0 Å². The van der Waals surface area contributed by atoms with Crippen molar-refractivity contribution in [2.45, 2.75) is 17.0 Å². The quantitative estimate of drug-likeness (QED) is 0.870. The Bertz CT molecular complexity index is 499. The third-order valence-corrected chi connectivity index (χ3v) is 4.27. The van der Waals surface area contributed by atoms with Crippen molar-refractivity contribution >= 4 is 39.8 Å². The zero-order valence-electron chi connectivity index (χ0n) is 8.61. The molecule has 16 heavy (non-hydrogen) atoms. The second-order valence-corrected chi connectivity index (χ2v) is 5.93. The SMILES string of the molecule is Cc1ccc(CSc2nnc(N)s2)c(Cl)c1. The number of rotatable bonds is 3. The zero-order valence-corrected chi connectivity index (χ0v) is 11.0. The number of anilines is 1. The molecular formula is C10H10ClN3S2. The Kier molecular flexibility index (Phi) is 3.68. The molecule has 84 valence electrons. The molecule has 1 aromatic heterocycles. The summed E-state index contributed by atoms with van der Waals surface area (Å²) in [4.78, 5) is 0. The highest BCUT2D eigenvalue weighted by Gasteiger charge is 2.05. The van der Waals surface area contributed by atoms with Crippen LogP contribution in [-0.4, -0.2) is 10.2 Å². The molecule has 0 saturated heterocycles. The van der Waals surface area contributed by atoms with Gasteiger partial charge in [0.05, 0.1) is 0 Å². The fourth-order valence-corrected chi connectivity index (χ4v) is 3.21. The van der Waals surface area contributed by atoms with Crippen LogP contribution in [0.15, 0.2) is 22.5 Å². The maximum atomic E-state index is 6.13. The van der Waals surface area contributed by atoms with Gasteiger partial charge in [-0.3, -0.25) is 0 Å². The molecule has 1 heterocycles. The Labute approximate surface area is 107 Å². The third-order valence-electron chi connectivity index (χ3n) is 1.98. The molecule has 0 saturated carbocycles. The van der Waals surface area contributed by atoms with Gasteiger partial charge < -0.3 is 5.73 Å². The van der Waals surface area contributed by atoms with Crippen molar-refractivity contribution in [1.82, 2.24) is 10.2 Å². The van der Waals surface area contributed by atoms with Crippen LogP contribution in [0.5, 0.6) is 0 Å². The molecule has 0 aliphatic rings. The molecule has 0 aliphatic heterocycles. The van der Waals surface area contributed by atoms with Crippen molar-refractivity contribution in [1.29, 1.82) is 0 Å². The number of halogens is 1. The Balaban J connectivity index is 2.04. The summed E-state index contributed by atoms with van der Waals surface area (Å²) in [6, 6.07) is 6.05. The second-order valence-electron chi connectivity index (χ2n) is 3.29. The first-order chi connectivity index (χ1) is 7.65. The van der Waals surface area contributed by atoms with E-state index in [1.165, 1.54) is 16.9 Å². The largest absolute Gasteiger partial charge is 0.374 e. The predicted octanol–water partition coefficient (Wildman–Crippen LogP) is 3.37. The molecule has 0 bridgehead atoms. The van der Waals surface area contributed by atoms with Crippen LogP contribution in [0.1, 0.15) is 11.1 Å². The molecule has 0 atom stereocenters. The summed E-state index contributed by atoms with van der Waals surface area (Å²) in [5.41, 5.74) is 7.77. The van der Waals surface area contributed by atoms with E-state index in [-0.39, 0.29) is 0 Å². The van der Waals surface area contributed by atoms with E-state index in [0.29, 0.717) is 5.13 Å². The van der Waals surface area contributed by atoms with Gasteiger partial charge in [-0.15, -0.1) is 10.2 Å². The van der Waals surface area contributed by atoms with Gasteiger partial charge >= 0.3 is 0 Å². The van der Waals surface area contributed by atoms with Crippen molar-refractivity contribution in [2.24, 2.45) is 0 Å². The van der Waals surface area contributed by atoms with Crippen molar-refractivity contribution in [3.63, 3.8) is 0 Å². The van der Waals surface area contributed by atoms with Gasteiger partial charge in [-0.25, -0.2) is 0 Å². The number of nitrogens with two attached hydrogens (primary N) is 1. The molecule has 2 aromatic rings. The first kappa shape index (κ1) is 11.7. The first-order valence-corrected chi connectivity index (χ1v) is 6.80. The summed E-state index contributed by atoms with van der Waals surface area (Å²) in [5.74, 6) is 0.785. The lowest BCUT2D eigenvalue weighted by atomic mass is 10.2. The molecule has 2 N–H and O–H groups in total. The van der Waals surface area contributed by atoms with Gasteiger partial charge in [-0.2, -0.15) is 0 Å². The molecule has 0 aliphatic carbocycles. The van der Waals surface area contributed by atoms with E-state index in [1.54, 1.807) is 11.8 Å². The highest BCUT2D eigenvalue weighted by molar-refractivity contribution is 8.00. The lowest BCUT2D eigenvalue weighted by molar-refractivity contribution is 1.02. The minimum absolute atomic E-state index is 0.498. The third kappa shape index (κ3) is 2.87. The van der Waals surface area contributed by atoms with Crippen LogP contribution in [0.4, 0.5) is 5.13 Å². The van der Waals surface area contributed by atoms with E-state index in [4.69, 9.17) is 17.3 Å². The van der Waals surface area contributed by atoms with Crippen molar-refractivity contribution < 1.29 is 0 Å². The normalized spacial score (nSPS) is 10.6. The predicted molar refractivity (Wildman–Crippen MR) is 70.1 cm³/mol. The zero-order chi connectivity index (χ0) is 11.5. The number of nitrogen functional groups attached to an aromatic ring is 1. The number of nitrogens with zero attached hydrogens (tertiary/aromatic N) is 2. The highest BCUT2D eigenvalue weighted by Crippen LogP contribution is 2.29. The highest BCUT2D eigenvalue weighted by atomic mass is 35.5. The fraction of sp³-hybridized carbons (Fsp3) is 0.200. The lowest BCUT2D eigenvalue weighted by Crippen LogP contribution is -1.84. The lowest BCUT2D eigenvalue weighted by Gasteiger charge is -2.03. The Morgan fingerprint density at radius 2 is 2.25 bits per heavy atom. The van der Waals surface area contributed by atoms with Crippen molar-refractivity contribution in [3.05, 3.63) is 34.3 Å². The maximum Gasteiger partial charge on any atom is 0.203 e. The van der Waals surface area contributed by atoms with Gasteiger partial charge in [0.1, 0.15) is 0 Å². The topological polar surface area (TPSA) is 51.8 Å². The minimum Gasteiger partial charge on any atom is -0.374 e. The van der Waals surface area contributed by atoms with Gasteiger partial charge in [-0.1, -0.05) is 46.8 Å². The van der Waals surface area contributed by atoms with Crippen LogP contribution in [0.3, 0.4) is 0 Å². The van der Waals surface area contributed by atoms with E-state index < -0.39 is 0 Å². The van der Waals surface area contributed by atoms with Crippen LogP contribution in [0, 0.1) is 6.92 Å². The van der Waals surface area contributed by atoms with Crippen molar-refractivity contribution in [3.8, 4) is 0 Å². The second kappa shape index (κ2) is 5.03. The van der Waals surface area contributed by atoms with Crippen LogP contribution in [-0.2, 0) is 5.75 Å². The van der Waals surface area contributed by atoms with Crippen LogP contribution in [0.2, 0.25) is 5.02 Å². The summed E-state index contributed by atoms with van der Waals surface area (Å²) in [7, 11) is 0. The molecule has 0 radical (unpaired) electrons. The minimum atomic E-state index is 0.498. The average molecular weight is 272 g/mol.